The van der Waals surface area contributed by atoms with Crippen molar-refractivity contribution in [3.8, 4) is 11.4 Å². The highest BCUT2D eigenvalue weighted by Crippen LogP contribution is 2.32. The van der Waals surface area contributed by atoms with E-state index in [0.29, 0.717) is 5.56 Å². The fourth-order valence-corrected chi connectivity index (χ4v) is 4.18. The Labute approximate surface area is 223 Å². The van der Waals surface area contributed by atoms with Crippen LogP contribution in [-0.4, -0.2) is 35.9 Å². The van der Waals surface area contributed by atoms with Gasteiger partial charge in [-0.2, -0.15) is 18.3 Å². The molecule has 3 aromatic heterocycles. The molecule has 0 aliphatic carbocycles. The van der Waals surface area contributed by atoms with Crippen LogP contribution < -0.4 is 16.4 Å². The molecule has 0 bridgehead atoms. The summed E-state index contributed by atoms with van der Waals surface area (Å²) in [5, 5.41) is 17.5. The van der Waals surface area contributed by atoms with Crippen molar-refractivity contribution in [1.82, 2.24) is 24.7 Å². The molecule has 3 N–H and O–H groups in total. The van der Waals surface area contributed by atoms with E-state index in [1.54, 1.807) is 12.0 Å². The average Bonchev–Trinajstić information content (AvgIpc) is 2.85. The number of benzene rings is 1. The third kappa shape index (κ3) is 6.01. The van der Waals surface area contributed by atoms with Gasteiger partial charge in [-0.25, -0.2) is 23.8 Å². The summed E-state index contributed by atoms with van der Waals surface area (Å²) in [6, 6.07) is 1.49. The molecule has 0 aliphatic rings. The van der Waals surface area contributed by atoms with Crippen molar-refractivity contribution in [2.24, 2.45) is 0 Å². The maximum atomic E-state index is 15.0. The maximum absolute atomic E-state index is 15.0. The number of hydrogen-bond donors (Lipinski definition) is 3. The minimum atomic E-state index is -4.89. The number of aliphatic hydroxyl groups is 1. The van der Waals surface area contributed by atoms with Crippen LogP contribution in [0.2, 0.25) is 0 Å². The Morgan fingerprint density at radius 3 is 2.35 bits per heavy atom. The molecule has 1 aromatic carbocycles. The SMILES string of the molecule is CC(CCCn1cc(F)c2cc(-c3ncc(C(C)(C)O)cn3)c(F)cc2c1=O)Nc1cn[nH]c(=O)c1C(F)(F)F. The number of pyridine rings is 1. The van der Waals surface area contributed by atoms with Gasteiger partial charge >= 0.3 is 6.18 Å². The summed E-state index contributed by atoms with van der Waals surface area (Å²) in [4.78, 5) is 32.7. The summed E-state index contributed by atoms with van der Waals surface area (Å²) in [7, 11) is 0. The van der Waals surface area contributed by atoms with Crippen LogP contribution in [0.3, 0.4) is 0 Å². The lowest BCUT2D eigenvalue weighted by Crippen LogP contribution is -2.27. The highest BCUT2D eigenvalue weighted by atomic mass is 19.4. The normalized spacial score (nSPS) is 13.0. The van der Waals surface area contributed by atoms with Gasteiger partial charge in [0.25, 0.3) is 11.1 Å². The molecule has 4 aromatic rings. The first kappa shape index (κ1) is 28.8. The zero-order chi connectivity index (χ0) is 29.4. The van der Waals surface area contributed by atoms with Crippen molar-refractivity contribution >= 4 is 16.5 Å². The predicted octanol–water partition coefficient (Wildman–Crippen LogP) is 4.35. The first-order valence-corrected chi connectivity index (χ1v) is 12.2. The second kappa shape index (κ2) is 10.8. The molecule has 212 valence electrons. The van der Waals surface area contributed by atoms with Gasteiger partial charge in [0.15, 0.2) is 5.82 Å². The highest BCUT2D eigenvalue weighted by Gasteiger charge is 2.37. The van der Waals surface area contributed by atoms with Crippen molar-refractivity contribution in [2.75, 3.05) is 5.32 Å². The first-order valence-electron chi connectivity index (χ1n) is 12.2. The third-order valence-electron chi connectivity index (χ3n) is 6.30. The Morgan fingerprint density at radius 2 is 1.73 bits per heavy atom. The van der Waals surface area contributed by atoms with E-state index in [1.165, 1.54) is 26.2 Å². The van der Waals surface area contributed by atoms with Crippen LogP contribution in [-0.2, 0) is 18.3 Å². The Balaban J connectivity index is 1.52. The second-order valence-electron chi connectivity index (χ2n) is 9.88. The number of aromatic nitrogens is 5. The van der Waals surface area contributed by atoms with Gasteiger partial charge in [0.1, 0.15) is 17.2 Å². The van der Waals surface area contributed by atoms with Crippen LogP contribution in [0.1, 0.15) is 44.7 Å². The number of fused-ring (bicyclic) bond motifs is 1. The van der Waals surface area contributed by atoms with Crippen molar-refractivity contribution in [3.05, 3.63) is 80.4 Å². The minimum Gasteiger partial charge on any atom is -0.386 e. The molecule has 0 radical (unpaired) electrons. The van der Waals surface area contributed by atoms with Gasteiger partial charge in [0.2, 0.25) is 0 Å². The minimum absolute atomic E-state index is 0.00233. The predicted molar refractivity (Wildman–Crippen MR) is 137 cm³/mol. The summed E-state index contributed by atoms with van der Waals surface area (Å²) in [6.45, 7) is 4.65. The molecule has 0 amide bonds. The van der Waals surface area contributed by atoms with Crippen LogP contribution in [0, 0.1) is 11.6 Å². The fourth-order valence-electron chi connectivity index (χ4n) is 4.18. The van der Waals surface area contributed by atoms with Crippen molar-refractivity contribution in [1.29, 1.82) is 0 Å². The van der Waals surface area contributed by atoms with E-state index < -0.39 is 51.8 Å². The number of alkyl halides is 3. The molecule has 4 rings (SSSR count). The molecular weight excluding hydrogens is 539 g/mol. The van der Waals surface area contributed by atoms with Crippen molar-refractivity contribution < 1.29 is 27.1 Å². The Morgan fingerprint density at radius 1 is 1.05 bits per heavy atom. The zero-order valence-electron chi connectivity index (χ0n) is 21.6. The summed E-state index contributed by atoms with van der Waals surface area (Å²) < 4.78 is 70.8. The monoisotopic (exact) mass is 564 g/mol. The molecule has 0 fully saturated rings. The summed E-state index contributed by atoms with van der Waals surface area (Å²) in [5.74, 6) is -1.69. The topological polar surface area (TPSA) is 126 Å². The number of halogens is 5. The van der Waals surface area contributed by atoms with E-state index in [9.17, 15) is 32.3 Å². The van der Waals surface area contributed by atoms with E-state index in [2.05, 4.69) is 20.4 Å². The number of H-pyrrole nitrogens is 1. The Kier molecular flexibility index (Phi) is 7.74. The lowest BCUT2D eigenvalue weighted by Gasteiger charge is -2.18. The smallest absolute Gasteiger partial charge is 0.386 e. The number of hydrogen-bond acceptors (Lipinski definition) is 7. The number of nitrogens with one attached hydrogen (secondary N) is 2. The number of nitrogens with zero attached hydrogens (tertiary/aromatic N) is 4. The summed E-state index contributed by atoms with van der Waals surface area (Å²) in [5.41, 5.74) is -4.86. The van der Waals surface area contributed by atoms with E-state index in [4.69, 9.17) is 0 Å². The first-order chi connectivity index (χ1) is 18.7. The number of anilines is 1. The fraction of sp³-hybridized carbons (Fsp3) is 0.346. The van der Waals surface area contributed by atoms with Gasteiger partial charge in [-0.3, -0.25) is 9.59 Å². The van der Waals surface area contributed by atoms with Gasteiger partial charge in [-0.15, -0.1) is 0 Å². The van der Waals surface area contributed by atoms with E-state index in [-0.39, 0.29) is 41.5 Å². The number of aromatic amines is 1. The van der Waals surface area contributed by atoms with Gasteiger partial charge in [0, 0.05) is 42.1 Å². The van der Waals surface area contributed by atoms with E-state index >= 15 is 4.39 Å². The van der Waals surface area contributed by atoms with Crippen LogP contribution >= 0.6 is 0 Å². The average molecular weight is 565 g/mol. The van der Waals surface area contributed by atoms with Crippen LogP contribution in [0.5, 0.6) is 0 Å². The van der Waals surface area contributed by atoms with E-state index in [1.807, 2.05) is 0 Å². The molecular formula is C26H25F5N6O3. The number of rotatable bonds is 8. The van der Waals surface area contributed by atoms with Gasteiger partial charge in [-0.1, -0.05) is 0 Å². The third-order valence-corrected chi connectivity index (χ3v) is 6.30. The largest absolute Gasteiger partial charge is 0.423 e. The molecule has 3 heterocycles. The van der Waals surface area contributed by atoms with Crippen molar-refractivity contribution in [3.63, 3.8) is 0 Å². The Hall–Kier alpha value is -4.20. The van der Waals surface area contributed by atoms with Gasteiger partial charge in [-0.05, 0) is 45.7 Å². The quantitative estimate of drug-likeness (QED) is 0.272. The molecule has 0 saturated heterocycles. The molecule has 40 heavy (non-hydrogen) atoms. The van der Waals surface area contributed by atoms with Crippen LogP contribution in [0.25, 0.3) is 22.2 Å². The highest BCUT2D eigenvalue weighted by molar-refractivity contribution is 5.86. The lowest BCUT2D eigenvalue weighted by molar-refractivity contribution is -0.138. The maximum Gasteiger partial charge on any atom is 0.423 e. The zero-order valence-corrected chi connectivity index (χ0v) is 21.6. The Bertz CT molecular complexity index is 1660. The van der Waals surface area contributed by atoms with Gasteiger partial charge in [0.05, 0.1) is 28.4 Å². The number of aryl methyl sites for hydroxylation is 1. The van der Waals surface area contributed by atoms with Crippen molar-refractivity contribution in [2.45, 2.75) is 58.0 Å². The molecule has 1 atom stereocenters. The van der Waals surface area contributed by atoms with E-state index in [0.717, 1.165) is 29.1 Å². The molecule has 0 saturated carbocycles. The molecule has 0 spiro atoms. The summed E-state index contributed by atoms with van der Waals surface area (Å²) >= 11 is 0. The van der Waals surface area contributed by atoms with Gasteiger partial charge < -0.3 is 15.0 Å². The standard InChI is InChI=1S/C26H25F5N6O3/c1-13(35-20-11-34-36-23(38)21(20)26(29,30)31)5-4-6-37-12-19(28)15-7-17(18(27)8-16(15)24(37)39)22-32-9-14(10-33-22)25(2,3)40/h7-13,40H,4-6H2,1-3H3,(H2,35,36,38). The second-order valence-corrected chi connectivity index (χ2v) is 9.88. The van der Waals surface area contributed by atoms with Crippen LogP contribution in [0.4, 0.5) is 27.6 Å². The molecule has 9 nitrogen and oxygen atoms in total. The molecule has 1 unspecified atom stereocenters. The molecule has 0 aliphatic heterocycles. The summed E-state index contributed by atoms with van der Waals surface area (Å²) in [6.07, 6.45) is 0.0968. The lowest BCUT2D eigenvalue weighted by atomic mass is 10.0. The van der Waals surface area contributed by atoms with Crippen LogP contribution in [0.15, 0.2) is 46.5 Å². The molecule has 14 heteroatoms.